The van der Waals surface area contributed by atoms with Gasteiger partial charge in [0.05, 0.1) is 13.3 Å². The summed E-state index contributed by atoms with van der Waals surface area (Å²) in [5, 5.41) is 4.82. The Kier molecular flexibility index (Phi) is 4.65. The number of ether oxygens (including phenoxy) is 1. The molecule has 0 amide bonds. The van der Waals surface area contributed by atoms with Crippen LogP contribution in [0.25, 0.3) is 0 Å². The van der Waals surface area contributed by atoms with Crippen LogP contribution in [0.5, 0.6) is 5.75 Å². The zero-order valence-corrected chi connectivity index (χ0v) is 15.8. The maximum atomic E-state index is 5.62. The molecular formula is C19H26N4OS. The first-order valence-corrected chi connectivity index (χ1v) is 9.68. The summed E-state index contributed by atoms with van der Waals surface area (Å²) in [6.07, 6.45) is 4.90. The molecule has 0 unspecified atom stereocenters. The molecule has 1 aliphatic heterocycles. The van der Waals surface area contributed by atoms with Crippen LogP contribution in [0.15, 0.2) is 24.3 Å². The molecule has 0 bridgehead atoms. The van der Waals surface area contributed by atoms with E-state index >= 15 is 0 Å². The van der Waals surface area contributed by atoms with Crippen molar-refractivity contribution in [2.24, 2.45) is 7.05 Å². The second-order valence-electron chi connectivity index (χ2n) is 7.09. The van der Waals surface area contributed by atoms with Crippen LogP contribution < -0.4 is 4.74 Å². The summed E-state index contributed by atoms with van der Waals surface area (Å²) in [7, 11) is 2.05. The van der Waals surface area contributed by atoms with Gasteiger partial charge in [-0.05, 0) is 62.5 Å². The van der Waals surface area contributed by atoms with E-state index in [-0.39, 0.29) is 0 Å². The highest BCUT2D eigenvalue weighted by atomic mass is 32.1. The van der Waals surface area contributed by atoms with E-state index in [0.29, 0.717) is 18.6 Å². The van der Waals surface area contributed by atoms with Crippen molar-refractivity contribution >= 4 is 12.2 Å². The van der Waals surface area contributed by atoms with Gasteiger partial charge in [-0.25, -0.2) is 4.68 Å². The van der Waals surface area contributed by atoms with Crippen molar-refractivity contribution in [2.45, 2.75) is 51.2 Å². The van der Waals surface area contributed by atoms with E-state index in [2.05, 4.69) is 33.7 Å². The predicted molar refractivity (Wildman–Crippen MR) is 100 cm³/mol. The van der Waals surface area contributed by atoms with Crippen LogP contribution in [0.4, 0.5) is 0 Å². The summed E-state index contributed by atoms with van der Waals surface area (Å²) >= 11 is 5.62. The Morgan fingerprint density at radius 2 is 1.96 bits per heavy atom. The molecule has 6 heteroatoms. The van der Waals surface area contributed by atoms with Gasteiger partial charge in [0.15, 0.2) is 4.77 Å². The van der Waals surface area contributed by atoms with Gasteiger partial charge in [-0.1, -0.05) is 12.1 Å². The van der Waals surface area contributed by atoms with Gasteiger partial charge < -0.3 is 9.30 Å². The Balaban J connectivity index is 1.52. The zero-order chi connectivity index (χ0) is 17.4. The molecule has 2 aromatic rings. The Hall–Kier alpha value is -1.66. The molecule has 25 heavy (non-hydrogen) atoms. The number of nitrogens with zero attached hydrogens (tertiary/aromatic N) is 4. The van der Waals surface area contributed by atoms with E-state index in [4.69, 9.17) is 22.1 Å². The average molecular weight is 359 g/mol. The highest BCUT2D eigenvalue weighted by molar-refractivity contribution is 7.71. The monoisotopic (exact) mass is 358 g/mol. The number of rotatable bonds is 6. The Bertz CT molecular complexity index is 791. The van der Waals surface area contributed by atoms with Crippen LogP contribution >= 0.6 is 12.2 Å². The van der Waals surface area contributed by atoms with Gasteiger partial charge in [-0.3, -0.25) is 4.90 Å². The zero-order valence-electron chi connectivity index (χ0n) is 15.0. The normalized spacial score (nSPS) is 21.0. The molecule has 0 spiro atoms. The van der Waals surface area contributed by atoms with Crippen LogP contribution in [-0.2, 0) is 13.7 Å². The minimum Gasteiger partial charge on any atom is -0.494 e. The van der Waals surface area contributed by atoms with Crippen LogP contribution in [0.1, 0.15) is 56.0 Å². The Labute approximate surface area is 154 Å². The molecule has 4 rings (SSSR count). The second-order valence-corrected chi connectivity index (χ2v) is 7.45. The molecule has 2 aliphatic rings. The van der Waals surface area contributed by atoms with E-state index < -0.39 is 0 Å². The molecule has 0 radical (unpaired) electrons. The van der Waals surface area contributed by atoms with Crippen molar-refractivity contribution in [3.8, 4) is 5.75 Å². The highest BCUT2D eigenvalue weighted by Gasteiger charge is 2.31. The lowest BCUT2D eigenvalue weighted by Gasteiger charge is -2.24. The summed E-state index contributed by atoms with van der Waals surface area (Å²) in [5.41, 5.74) is 1.35. The van der Waals surface area contributed by atoms with Crippen LogP contribution in [0.3, 0.4) is 0 Å². The van der Waals surface area contributed by atoms with Crippen molar-refractivity contribution in [3.05, 3.63) is 40.4 Å². The minimum atomic E-state index is 0.434. The summed E-state index contributed by atoms with van der Waals surface area (Å²) in [4.78, 5) is 2.50. The van der Waals surface area contributed by atoms with Gasteiger partial charge in [-0.2, -0.15) is 5.10 Å². The smallest absolute Gasteiger partial charge is 0.198 e. The quantitative estimate of drug-likeness (QED) is 0.731. The maximum Gasteiger partial charge on any atom is 0.198 e. The SMILES string of the molecule is CCOc1ccc([C@@H]2CCCN2Cn2nc(C3CC3)n(C)c2=S)cc1. The molecule has 5 nitrogen and oxygen atoms in total. The fraction of sp³-hybridized carbons (Fsp3) is 0.579. The number of benzene rings is 1. The molecule has 1 aromatic carbocycles. The summed E-state index contributed by atoms with van der Waals surface area (Å²) in [6, 6.07) is 8.98. The second kappa shape index (κ2) is 6.92. The van der Waals surface area contributed by atoms with Crippen LogP contribution in [0.2, 0.25) is 0 Å². The largest absolute Gasteiger partial charge is 0.494 e. The van der Waals surface area contributed by atoms with Gasteiger partial charge in [0.25, 0.3) is 0 Å². The molecule has 134 valence electrons. The van der Waals surface area contributed by atoms with Gasteiger partial charge in [-0.15, -0.1) is 0 Å². The molecule has 1 saturated carbocycles. The van der Waals surface area contributed by atoms with E-state index in [1.165, 1.54) is 31.2 Å². The lowest BCUT2D eigenvalue weighted by molar-refractivity contribution is 0.189. The number of hydrogen-bond donors (Lipinski definition) is 0. The van der Waals surface area contributed by atoms with E-state index in [0.717, 1.165) is 29.6 Å². The maximum absolute atomic E-state index is 5.62. The van der Waals surface area contributed by atoms with Gasteiger partial charge in [0.1, 0.15) is 11.6 Å². The molecule has 2 fully saturated rings. The first-order valence-electron chi connectivity index (χ1n) is 9.28. The highest BCUT2D eigenvalue weighted by Crippen LogP contribution is 2.39. The minimum absolute atomic E-state index is 0.434. The summed E-state index contributed by atoms with van der Waals surface area (Å²) < 4.78 is 10.5. The van der Waals surface area contributed by atoms with Crippen molar-refractivity contribution in [1.29, 1.82) is 0 Å². The van der Waals surface area contributed by atoms with E-state index in [1.54, 1.807) is 0 Å². The van der Waals surface area contributed by atoms with Crippen molar-refractivity contribution in [1.82, 2.24) is 19.2 Å². The fourth-order valence-electron chi connectivity index (χ4n) is 3.79. The topological polar surface area (TPSA) is 35.2 Å². The van der Waals surface area contributed by atoms with Gasteiger partial charge in [0, 0.05) is 25.6 Å². The fourth-order valence-corrected chi connectivity index (χ4v) is 3.98. The predicted octanol–water partition coefficient (Wildman–Crippen LogP) is 4.02. The molecule has 0 N–H and O–H groups in total. The Morgan fingerprint density at radius 3 is 2.64 bits per heavy atom. The van der Waals surface area contributed by atoms with E-state index in [1.807, 2.05) is 18.7 Å². The standard InChI is InChI=1S/C19H26N4OS/c1-3-24-16-10-8-14(9-11-16)17-5-4-12-22(17)13-23-19(25)21(2)18(20-23)15-6-7-15/h8-11,15,17H,3-7,12-13H2,1-2H3/t17-/m0/s1. The first-order chi connectivity index (χ1) is 12.2. The molecule has 1 aliphatic carbocycles. The van der Waals surface area contributed by atoms with Crippen molar-refractivity contribution in [2.75, 3.05) is 13.2 Å². The third-order valence-electron chi connectivity index (χ3n) is 5.27. The summed E-state index contributed by atoms with van der Waals surface area (Å²) in [5.74, 6) is 2.71. The number of hydrogen-bond acceptors (Lipinski definition) is 4. The average Bonchev–Trinajstić information content (AvgIpc) is 3.30. The van der Waals surface area contributed by atoms with E-state index in [9.17, 15) is 0 Å². The third-order valence-corrected chi connectivity index (χ3v) is 5.76. The summed E-state index contributed by atoms with van der Waals surface area (Å²) in [6.45, 7) is 4.58. The van der Waals surface area contributed by atoms with Gasteiger partial charge in [0.2, 0.25) is 0 Å². The van der Waals surface area contributed by atoms with Crippen LogP contribution in [-0.4, -0.2) is 32.4 Å². The molecule has 1 saturated heterocycles. The lowest BCUT2D eigenvalue weighted by Crippen LogP contribution is -2.27. The first kappa shape index (κ1) is 16.8. The Morgan fingerprint density at radius 1 is 1.20 bits per heavy atom. The van der Waals surface area contributed by atoms with Crippen molar-refractivity contribution < 1.29 is 4.74 Å². The van der Waals surface area contributed by atoms with Gasteiger partial charge >= 0.3 is 0 Å². The molecular weight excluding hydrogens is 332 g/mol. The number of likely N-dealkylation sites (tertiary alicyclic amines) is 1. The number of aromatic nitrogens is 3. The van der Waals surface area contributed by atoms with Crippen LogP contribution in [0, 0.1) is 4.77 Å². The van der Waals surface area contributed by atoms with Crippen molar-refractivity contribution in [3.63, 3.8) is 0 Å². The molecule has 1 atom stereocenters. The third kappa shape index (κ3) is 3.37. The molecule has 2 heterocycles. The molecule has 1 aromatic heterocycles. The lowest BCUT2D eigenvalue weighted by atomic mass is 10.0.